The Labute approximate surface area is 138 Å². The Morgan fingerprint density at radius 1 is 1.43 bits per heavy atom. The third kappa shape index (κ3) is 2.39. The van der Waals surface area contributed by atoms with E-state index >= 15 is 0 Å². The molecule has 23 heavy (non-hydrogen) atoms. The van der Waals surface area contributed by atoms with Crippen LogP contribution in [0.15, 0.2) is 17.6 Å². The van der Waals surface area contributed by atoms with Gasteiger partial charge < -0.3 is 14.8 Å². The zero-order chi connectivity index (χ0) is 16.0. The summed E-state index contributed by atoms with van der Waals surface area (Å²) in [5.41, 5.74) is 2.63. The van der Waals surface area contributed by atoms with E-state index in [2.05, 4.69) is 23.5 Å². The minimum Gasteiger partial charge on any atom is -0.423 e. The van der Waals surface area contributed by atoms with Crippen molar-refractivity contribution in [2.75, 3.05) is 6.61 Å². The van der Waals surface area contributed by atoms with E-state index in [0.29, 0.717) is 5.46 Å². The third-order valence-corrected chi connectivity index (χ3v) is 5.60. The second kappa shape index (κ2) is 5.90. The maximum absolute atomic E-state index is 9.97. The van der Waals surface area contributed by atoms with Crippen LogP contribution in [0.25, 0.3) is 21.0 Å². The number of benzene rings is 1. The minimum atomic E-state index is -1.51. The standard InChI is InChI=1S/C16H19BN2O3S/c1-2-10-9-23-13-7-12-11(16(15(10)13)17(20)21)8-18-19(12)14-5-3-4-6-22-14/h7-9,14,20-21H,2-6H2,1H3. The minimum absolute atomic E-state index is 0.0620. The SMILES string of the molecule is CCc1csc2cc3c(cnn3C3CCCCO3)c(B(O)O)c12. The Bertz CT molecular complexity index is 852. The van der Waals surface area contributed by atoms with Crippen LogP contribution in [0.5, 0.6) is 0 Å². The highest BCUT2D eigenvalue weighted by Gasteiger charge is 2.26. The normalized spacial score (nSPS) is 18.8. The Kier molecular flexibility index (Phi) is 3.89. The number of rotatable bonds is 3. The summed E-state index contributed by atoms with van der Waals surface area (Å²) in [6.07, 6.45) is 5.70. The molecule has 0 bridgehead atoms. The second-order valence-electron chi connectivity index (χ2n) is 5.99. The third-order valence-electron chi connectivity index (χ3n) is 4.62. The van der Waals surface area contributed by atoms with E-state index in [1.807, 2.05) is 4.68 Å². The molecule has 3 heterocycles. The molecular formula is C16H19BN2O3S. The number of fused-ring (bicyclic) bond motifs is 2. The lowest BCUT2D eigenvalue weighted by Gasteiger charge is -2.23. The lowest BCUT2D eigenvalue weighted by molar-refractivity contribution is -0.0366. The molecule has 2 aromatic heterocycles. The number of nitrogens with zero attached hydrogens (tertiary/aromatic N) is 2. The molecule has 1 unspecified atom stereocenters. The predicted octanol–water partition coefficient (Wildman–Crippen LogP) is 2.19. The van der Waals surface area contributed by atoms with Crippen molar-refractivity contribution in [1.82, 2.24) is 9.78 Å². The summed E-state index contributed by atoms with van der Waals surface area (Å²) in [5, 5.41) is 28.3. The zero-order valence-electron chi connectivity index (χ0n) is 13.0. The number of hydrogen-bond donors (Lipinski definition) is 2. The highest BCUT2D eigenvalue weighted by molar-refractivity contribution is 7.17. The first-order valence-electron chi connectivity index (χ1n) is 8.08. The highest BCUT2D eigenvalue weighted by Crippen LogP contribution is 2.32. The summed E-state index contributed by atoms with van der Waals surface area (Å²) in [6.45, 7) is 2.83. The number of thiophene rings is 1. The van der Waals surface area contributed by atoms with E-state index in [9.17, 15) is 10.0 Å². The zero-order valence-corrected chi connectivity index (χ0v) is 13.8. The van der Waals surface area contributed by atoms with Crippen LogP contribution in [-0.2, 0) is 11.2 Å². The molecular weight excluding hydrogens is 311 g/mol. The van der Waals surface area contributed by atoms with E-state index in [-0.39, 0.29) is 6.23 Å². The number of aromatic nitrogens is 2. The summed E-state index contributed by atoms with van der Waals surface area (Å²) in [4.78, 5) is 0. The summed E-state index contributed by atoms with van der Waals surface area (Å²) < 4.78 is 8.81. The first-order chi connectivity index (χ1) is 11.2. The van der Waals surface area contributed by atoms with Gasteiger partial charge in [-0.05, 0) is 48.1 Å². The van der Waals surface area contributed by atoms with Crippen molar-refractivity contribution in [3.63, 3.8) is 0 Å². The fourth-order valence-electron chi connectivity index (χ4n) is 3.48. The van der Waals surface area contributed by atoms with Gasteiger partial charge in [0.25, 0.3) is 0 Å². The lowest BCUT2D eigenvalue weighted by atomic mass is 9.75. The van der Waals surface area contributed by atoms with Gasteiger partial charge in [0.1, 0.15) is 0 Å². The average molecular weight is 330 g/mol. The molecule has 5 nitrogen and oxygen atoms in total. The topological polar surface area (TPSA) is 67.5 Å². The Balaban J connectivity index is 1.98. The van der Waals surface area contributed by atoms with Gasteiger partial charge in [-0.3, -0.25) is 0 Å². The summed E-state index contributed by atoms with van der Waals surface area (Å²) in [7, 11) is -1.51. The molecule has 3 aromatic rings. The number of hydrogen-bond acceptors (Lipinski definition) is 5. The van der Waals surface area contributed by atoms with Crippen LogP contribution >= 0.6 is 11.3 Å². The van der Waals surface area contributed by atoms with E-state index < -0.39 is 7.12 Å². The fourth-order valence-corrected chi connectivity index (χ4v) is 4.57. The van der Waals surface area contributed by atoms with E-state index in [1.54, 1.807) is 17.5 Å². The van der Waals surface area contributed by atoms with Gasteiger partial charge in [-0.25, -0.2) is 4.68 Å². The van der Waals surface area contributed by atoms with E-state index in [4.69, 9.17) is 4.74 Å². The molecule has 0 amide bonds. The molecule has 0 saturated carbocycles. The predicted molar refractivity (Wildman–Crippen MR) is 93.2 cm³/mol. The average Bonchev–Trinajstić information content (AvgIpc) is 3.16. The molecule has 1 atom stereocenters. The maximum atomic E-state index is 9.97. The molecule has 1 fully saturated rings. The van der Waals surface area contributed by atoms with Crippen molar-refractivity contribution in [2.45, 2.75) is 38.8 Å². The molecule has 4 rings (SSSR count). The van der Waals surface area contributed by atoms with Crippen molar-refractivity contribution >= 4 is 44.9 Å². The quantitative estimate of drug-likeness (QED) is 0.723. The summed E-state index contributed by atoms with van der Waals surface area (Å²) in [6, 6.07) is 2.10. The van der Waals surface area contributed by atoms with Crippen molar-refractivity contribution < 1.29 is 14.8 Å². The van der Waals surface area contributed by atoms with Gasteiger partial charge in [-0.1, -0.05) is 6.92 Å². The fraction of sp³-hybridized carbons (Fsp3) is 0.438. The lowest BCUT2D eigenvalue weighted by Crippen LogP contribution is -2.31. The van der Waals surface area contributed by atoms with Crippen LogP contribution < -0.4 is 5.46 Å². The van der Waals surface area contributed by atoms with Gasteiger partial charge in [-0.2, -0.15) is 5.10 Å². The van der Waals surface area contributed by atoms with Crippen LogP contribution in [0.2, 0.25) is 0 Å². The maximum Gasteiger partial charge on any atom is 0.489 e. The monoisotopic (exact) mass is 330 g/mol. The molecule has 0 aliphatic carbocycles. The van der Waals surface area contributed by atoms with Crippen LogP contribution in [0.4, 0.5) is 0 Å². The summed E-state index contributed by atoms with van der Waals surface area (Å²) >= 11 is 1.64. The van der Waals surface area contributed by atoms with Gasteiger partial charge in [-0.15, -0.1) is 11.3 Å². The van der Waals surface area contributed by atoms with Crippen molar-refractivity contribution in [3.05, 3.63) is 23.2 Å². The molecule has 1 aromatic carbocycles. The molecule has 7 heteroatoms. The van der Waals surface area contributed by atoms with E-state index in [1.165, 1.54) is 0 Å². The highest BCUT2D eigenvalue weighted by atomic mass is 32.1. The van der Waals surface area contributed by atoms with Crippen LogP contribution in [-0.4, -0.2) is 33.6 Å². The molecule has 120 valence electrons. The van der Waals surface area contributed by atoms with Crippen LogP contribution in [0, 0.1) is 0 Å². The van der Waals surface area contributed by atoms with Crippen LogP contribution in [0.3, 0.4) is 0 Å². The van der Waals surface area contributed by atoms with Crippen molar-refractivity contribution in [3.8, 4) is 0 Å². The molecule has 1 saturated heterocycles. The largest absolute Gasteiger partial charge is 0.489 e. The number of aryl methyl sites for hydroxylation is 1. The first-order valence-corrected chi connectivity index (χ1v) is 8.96. The van der Waals surface area contributed by atoms with E-state index in [0.717, 1.165) is 58.8 Å². The molecule has 1 aliphatic rings. The Morgan fingerprint density at radius 2 is 2.30 bits per heavy atom. The first kappa shape index (κ1) is 15.1. The smallest absolute Gasteiger partial charge is 0.423 e. The van der Waals surface area contributed by atoms with Crippen molar-refractivity contribution in [2.24, 2.45) is 0 Å². The number of ether oxygens (including phenoxy) is 1. The van der Waals surface area contributed by atoms with Gasteiger partial charge in [0.05, 0.1) is 11.7 Å². The molecule has 2 N–H and O–H groups in total. The summed E-state index contributed by atoms with van der Waals surface area (Å²) in [5.74, 6) is 0. The molecule has 0 radical (unpaired) electrons. The Morgan fingerprint density at radius 3 is 3.00 bits per heavy atom. The second-order valence-corrected chi connectivity index (χ2v) is 6.91. The van der Waals surface area contributed by atoms with Gasteiger partial charge in [0.2, 0.25) is 0 Å². The van der Waals surface area contributed by atoms with Crippen molar-refractivity contribution in [1.29, 1.82) is 0 Å². The molecule has 1 aliphatic heterocycles. The Hall–Kier alpha value is -1.41. The molecule has 0 spiro atoms. The van der Waals surface area contributed by atoms with Gasteiger partial charge in [0.15, 0.2) is 6.23 Å². The van der Waals surface area contributed by atoms with Gasteiger partial charge in [0, 0.05) is 22.2 Å². The van der Waals surface area contributed by atoms with Gasteiger partial charge >= 0.3 is 7.12 Å². The van der Waals surface area contributed by atoms with Crippen LogP contribution in [0.1, 0.15) is 38.0 Å².